The summed E-state index contributed by atoms with van der Waals surface area (Å²) in [4.78, 5) is 11.1. The molecule has 74 valence electrons. The number of rotatable bonds is 2. The van der Waals surface area contributed by atoms with Gasteiger partial charge in [-0.1, -0.05) is 18.2 Å². The molecule has 0 saturated carbocycles. The molecule has 0 aromatic heterocycles. The van der Waals surface area contributed by atoms with Crippen LogP contribution in [0.25, 0.3) is 0 Å². The van der Waals surface area contributed by atoms with Gasteiger partial charge in [0.1, 0.15) is 5.04 Å². The zero-order valence-corrected chi connectivity index (χ0v) is 8.54. The Morgan fingerprint density at radius 3 is 2.36 bits per heavy atom. The average molecular weight is 209 g/mol. The van der Waals surface area contributed by atoms with Crippen molar-refractivity contribution in [2.45, 2.75) is 0 Å². The predicted octanol–water partition coefficient (Wildman–Crippen LogP) is 0.769. The molecule has 0 aliphatic rings. The van der Waals surface area contributed by atoms with Crippen molar-refractivity contribution < 1.29 is 4.79 Å². The SMILES string of the molecule is CSC(=NN)c1ccccc1C(N)=O. The van der Waals surface area contributed by atoms with Crippen molar-refractivity contribution in [2.75, 3.05) is 6.26 Å². The van der Waals surface area contributed by atoms with Crippen molar-refractivity contribution >= 4 is 22.7 Å². The van der Waals surface area contributed by atoms with E-state index in [1.165, 1.54) is 11.8 Å². The van der Waals surface area contributed by atoms with Gasteiger partial charge in [0, 0.05) is 11.1 Å². The smallest absolute Gasteiger partial charge is 0.249 e. The summed E-state index contributed by atoms with van der Waals surface area (Å²) in [5, 5.41) is 4.19. The van der Waals surface area contributed by atoms with E-state index < -0.39 is 5.91 Å². The van der Waals surface area contributed by atoms with E-state index in [0.717, 1.165) is 0 Å². The topological polar surface area (TPSA) is 81.5 Å². The Hall–Kier alpha value is -1.49. The average Bonchev–Trinajstić information content (AvgIpc) is 2.20. The van der Waals surface area contributed by atoms with Crippen molar-refractivity contribution in [1.29, 1.82) is 0 Å². The van der Waals surface area contributed by atoms with Crippen LogP contribution in [0.4, 0.5) is 0 Å². The molecule has 0 spiro atoms. The van der Waals surface area contributed by atoms with Gasteiger partial charge >= 0.3 is 0 Å². The Kier molecular flexibility index (Phi) is 3.53. The predicted molar refractivity (Wildman–Crippen MR) is 59.2 cm³/mol. The lowest BCUT2D eigenvalue weighted by Crippen LogP contribution is -2.15. The number of carbonyl (C=O) groups excluding carboxylic acids is 1. The lowest BCUT2D eigenvalue weighted by Gasteiger charge is -2.05. The van der Waals surface area contributed by atoms with Crippen LogP contribution in [0.5, 0.6) is 0 Å². The quantitative estimate of drug-likeness (QED) is 0.326. The number of amides is 1. The molecule has 0 unspecified atom stereocenters. The first-order chi connectivity index (χ1) is 6.70. The fourth-order valence-electron chi connectivity index (χ4n) is 1.12. The number of nitrogens with two attached hydrogens (primary N) is 2. The van der Waals surface area contributed by atoms with Gasteiger partial charge in [-0.05, 0) is 12.3 Å². The Labute approximate surface area is 86.4 Å². The van der Waals surface area contributed by atoms with Gasteiger partial charge in [0.15, 0.2) is 0 Å². The summed E-state index contributed by atoms with van der Waals surface area (Å²) in [6.45, 7) is 0. The molecule has 0 bridgehead atoms. The van der Waals surface area contributed by atoms with Crippen LogP contribution in [-0.4, -0.2) is 17.2 Å². The third-order valence-electron chi connectivity index (χ3n) is 1.73. The van der Waals surface area contributed by atoms with Gasteiger partial charge in [-0.3, -0.25) is 4.79 Å². The summed E-state index contributed by atoms with van der Waals surface area (Å²) in [6.07, 6.45) is 1.84. The van der Waals surface area contributed by atoms with Crippen molar-refractivity contribution in [3.63, 3.8) is 0 Å². The summed E-state index contributed by atoms with van der Waals surface area (Å²) < 4.78 is 0. The van der Waals surface area contributed by atoms with E-state index in [4.69, 9.17) is 11.6 Å². The normalized spacial score (nSPS) is 11.4. The van der Waals surface area contributed by atoms with Gasteiger partial charge < -0.3 is 11.6 Å². The number of hydrogen-bond donors (Lipinski definition) is 2. The molecule has 0 aliphatic carbocycles. The van der Waals surface area contributed by atoms with Crippen molar-refractivity contribution in [3.8, 4) is 0 Å². The van der Waals surface area contributed by atoms with Crippen molar-refractivity contribution in [2.24, 2.45) is 16.7 Å². The summed E-state index contributed by atoms with van der Waals surface area (Å²) in [6, 6.07) is 6.97. The summed E-state index contributed by atoms with van der Waals surface area (Å²) in [5.41, 5.74) is 6.33. The van der Waals surface area contributed by atoms with Crippen LogP contribution < -0.4 is 11.6 Å². The largest absolute Gasteiger partial charge is 0.366 e. The molecule has 4 N–H and O–H groups in total. The van der Waals surface area contributed by atoms with Crippen LogP contribution in [-0.2, 0) is 0 Å². The first-order valence-corrected chi connectivity index (χ1v) is 5.14. The monoisotopic (exact) mass is 209 g/mol. The summed E-state index contributed by atoms with van der Waals surface area (Å²) in [7, 11) is 0. The van der Waals surface area contributed by atoms with Gasteiger partial charge in [0.05, 0.1) is 0 Å². The first kappa shape index (κ1) is 10.6. The number of benzene rings is 1. The Bertz CT molecular complexity index is 376. The second kappa shape index (κ2) is 4.66. The standard InChI is InChI=1S/C9H11N3OS/c1-14-9(12-11)7-5-3-2-4-6(7)8(10)13/h2-5H,11H2,1H3,(H2,10,13). The Morgan fingerprint density at radius 2 is 1.93 bits per heavy atom. The maximum Gasteiger partial charge on any atom is 0.249 e. The number of hydrogen-bond acceptors (Lipinski definition) is 4. The minimum absolute atomic E-state index is 0.436. The minimum Gasteiger partial charge on any atom is -0.366 e. The van der Waals surface area contributed by atoms with Crippen LogP contribution in [0.2, 0.25) is 0 Å². The lowest BCUT2D eigenvalue weighted by molar-refractivity contribution is 0.1000. The molecular formula is C9H11N3OS. The van der Waals surface area contributed by atoms with E-state index in [9.17, 15) is 4.79 Å². The fourth-order valence-corrected chi connectivity index (χ4v) is 1.62. The highest BCUT2D eigenvalue weighted by molar-refractivity contribution is 8.13. The third kappa shape index (κ3) is 2.05. The van der Waals surface area contributed by atoms with E-state index in [1.54, 1.807) is 18.2 Å². The maximum absolute atomic E-state index is 11.1. The van der Waals surface area contributed by atoms with Crippen LogP contribution in [0.15, 0.2) is 29.4 Å². The highest BCUT2D eigenvalue weighted by Crippen LogP contribution is 2.15. The summed E-state index contributed by atoms with van der Waals surface area (Å²) in [5.74, 6) is 4.72. The zero-order valence-electron chi connectivity index (χ0n) is 7.73. The van der Waals surface area contributed by atoms with E-state index in [2.05, 4.69) is 5.10 Å². The molecule has 4 nitrogen and oxygen atoms in total. The molecule has 1 aromatic carbocycles. The molecule has 0 radical (unpaired) electrons. The minimum atomic E-state index is -0.476. The Morgan fingerprint density at radius 1 is 1.36 bits per heavy atom. The van der Waals surface area contributed by atoms with Crippen LogP contribution in [0, 0.1) is 0 Å². The van der Waals surface area contributed by atoms with Crippen molar-refractivity contribution in [1.82, 2.24) is 0 Å². The summed E-state index contributed by atoms with van der Waals surface area (Å²) >= 11 is 1.37. The molecule has 1 amide bonds. The molecule has 0 saturated heterocycles. The molecular weight excluding hydrogens is 198 g/mol. The van der Waals surface area contributed by atoms with E-state index in [0.29, 0.717) is 16.2 Å². The zero-order chi connectivity index (χ0) is 10.6. The first-order valence-electron chi connectivity index (χ1n) is 3.91. The van der Waals surface area contributed by atoms with Crippen LogP contribution >= 0.6 is 11.8 Å². The molecule has 1 rings (SSSR count). The van der Waals surface area contributed by atoms with Gasteiger partial charge in [-0.15, -0.1) is 11.8 Å². The second-order valence-electron chi connectivity index (χ2n) is 2.55. The van der Waals surface area contributed by atoms with Gasteiger partial charge in [0.25, 0.3) is 0 Å². The molecule has 1 aromatic rings. The molecule has 5 heteroatoms. The lowest BCUT2D eigenvalue weighted by atomic mass is 10.1. The fraction of sp³-hybridized carbons (Fsp3) is 0.111. The van der Waals surface area contributed by atoms with E-state index in [1.807, 2.05) is 12.3 Å². The number of nitrogens with zero attached hydrogens (tertiary/aromatic N) is 1. The molecule has 0 heterocycles. The maximum atomic E-state index is 11.1. The van der Waals surface area contributed by atoms with Gasteiger partial charge in [-0.2, -0.15) is 5.10 Å². The molecule has 14 heavy (non-hydrogen) atoms. The number of primary amides is 1. The Balaban J connectivity index is 3.26. The number of hydrazone groups is 1. The molecule has 0 atom stereocenters. The second-order valence-corrected chi connectivity index (χ2v) is 3.34. The highest BCUT2D eigenvalue weighted by atomic mass is 32.2. The number of carbonyl (C=O) groups is 1. The van der Waals surface area contributed by atoms with E-state index >= 15 is 0 Å². The van der Waals surface area contributed by atoms with Crippen molar-refractivity contribution in [3.05, 3.63) is 35.4 Å². The van der Waals surface area contributed by atoms with Gasteiger partial charge in [-0.25, -0.2) is 0 Å². The van der Waals surface area contributed by atoms with Crippen LogP contribution in [0.1, 0.15) is 15.9 Å². The van der Waals surface area contributed by atoms with Gasteiger partial charge in [0.2, 0.25) is 5.91 Å². The highest BCUT2D eigenvalue weighted by Gasteiger charge is 2.11. The molecule has 0 fully saturated rings. The van der Waals surface area contributed by atoms with Crippen LogP contribution in [0.3, 0.4) is 0 Å². The number of thioether (sulfide) groups is 1. The molecule has 0 aliphatic heterocycles. The third-order valence-corrected chi connectivity index (χ3v) is 2.45. The van der Waals surface area contributed by atoms with E-state index in [-0.39, 0.29) is 0 Å².